The summed E-state index contributed by atoms with van der Waals surface area (Å²) in [5.74, 6) is 0.630. The summed E-state index contributed by atoms with van der Waals surface area (Å²) < 4.78 is 5.36. The Bertz CT molecular complexity index is 310. The van der Waals surface area contributed by atoms with Gasteiger partial charge in [0.15, 0.2) is 0 Å². The number of hydrogen-bond acceptors (Lipinski definition) is 2. The molecule has 2 nitrogen and oxygen atoms in total. The van der Waals surface area contributed by atoms with Crippen LogP contribution in [0.25, 0.3) is 0 Å². The average Bonchev–Trinajstić information content (AvgIpc) is 2.11. The predicted molar refractivity (Wildman–Crippen MR) is 56.2 cm³/mol. The number of hydrogen-bond donors (Lipinski definition) is 1. The molecule has 1 aromatic rings. The Hall–Kier alpha value is -1.15. The summed E-state index contributed by atoms with van der Waals surface area (Å²) in [6, 6.07) is 5.17. The van der Waals surface area contributed by atoms with Gasteiger partial charge in [0.25, 0.3) is 0 Å². The molecular weight excluding hydrogens is 186 g/mol. The molecule has 0 spiro atoms. The quantitative estimate of drug-likeness (QED) is 0.598. The van der Waals surface area contributed by atoms with E-state index in [9.17, 15) is 0 Å². The standard InChI is InChI=1S/C10H12ClNO/c1-2-3-6-13-10-7-8(11)4-5-9(10)12/h2-5,7H,6,12H2,1H3/b3-2+. The molecule has 1 aromatic carbocycles. The van der Waals surface area contributed by atoms with E-state index in [1.807, 2.05) is 19.1 Å². The van der Waals surface area contributed by atoms with Gasteiger partial charge in [0, 0.05) is 11.1 Å². The maximum atomic E-state index is 5.78. The van der Waals surface area contributed by atoms with Crippen LogP contribution in [0, 0.1) is 0 Å². The average molecular weight is 198 g/mol. The summed E-state index contributed by atoms with van der Waals surface area (Å²) in [6.07, 6.45) is 3.82. The molecule has 0 atom stereocenters. The topological polar surface area (TPSA) is 35.2 Å². The molecule has 0 heterocycles. The van der Waals surface area contributed by atoms with E-state index in [1.165, 1.54) is 0 Å². The molecule has 0 unspecified atom stereocenters. The Balaban J connectivity index is 2.69. The lowest BCUT2D eigenvalue weighted by atomic mass is 10.3. The summed E-state index contributed by atoms with van der Waals surface area (Å²) >= 11 is 5.78. The van der Waals surface area contributed by atoms with Crippen molar-refractivity contribution in [3.8, 4) is 5.75 Å². The third kappa shape index (κ3) is 2.99. The Morgan fingerprint density at radius 3 is 3.00 bits per heavy atom. The molecule has 2 N–H and O–H groups in total. The highest BCUT2D eigenvalue weighted by Crippen LogP contribution is 2.25. The number of allylic oxidation sites excluding steroid dienone is 1. The van der Waals surface area contributed by atoms with E-state index in [2.05, 4.69) is 0 Å². The van der Waals surface area contributed by atoms with Crippen molar-refractivity contribution in [3.63, 3.8) is 0 Å². The molecule has 3 heteroatoms. The van der Waals surface area contributed by atoms with Crippen LogP contribution in [-0.2, 0) is 0 Å². The van der Waals surface area contributed by atoms with Crippen LogP contribution >= 0.6 is 11.6 Å². The number of benzene rings is 1. The van der Waals surface area contributed by atoms with Gasteiger partial charge in [-0.25, -0.2) is 0 Å². The van der Waals surface area contributed by atoms with Crippen molar-refractivity contribution < 1.29 is 4.74 Å². The first kappa shape index (κ1) is 9.93. The third-order valence-corrected chi connectivity index (χ3v) is 1.78. The van der Waals surface area contributed by atoms with Gasteiger partial charge in [-0.3, -0.25) is 0 Å². The van der Waals surface area contributed by atoms with Gasteiger partial charge in [0.05, 0.1) is 5.69 Å². The van der Waals surface area contributed by atoms with Crippen LogP contribution in [0.5, 0.6) is 5.75 Å². The van der Waals surface area contributed by atoms with Gasteiger partial charge in [-0.1, -0.05) is 23.8 Å². The van der Waals surface area contributed by atoms with E-state index in [1.54, 1.807) is 18.2 Å². The van der Waals surface area contributed by atoms with Crippen molar-refractivity contribution in [1.82, 2.24) is 0 Å². The third-order valence-electron chi connectivity index (χ3n) is 1.55. The molecule has 0 aliphatic heterocycles. The van der Waals surface area contributed by atoms with Gasteiger partial charge in [-0.15, -0.1) is 0 Å². The fourth-order valence-electron chi connectivity index (χ4n) is 0.867. The minimum Gasteiger partial charge on any atom is -0.487 e. The molecule has 0 saturated heterocycles. The highest BCUT2D eigenvalue weighted by atomic mass is 35.5. The molecule has 13 heavy (non-hydrogen) atoms. The van der Waals surface area contributed by atoms with Crippen molar-refractivity contribution in [1.29, 1.82) is 0 Å². The summed E-state index contributed by atoms with van der Waals surface area (Å²) in [4.78, 5) is 0. The smallest absolute Gasteiger partial charge is 0.144 e. The number of halogens is 1. The number of rotatable bonds is 3. The molecule has 70 valence electrons. The van der Waals surface area contributed by atoms with E-state index >= 15 is 0 Å². The van der Waals surface area contributed by atoms with Crippen LogP contribution in [0.15, 0.2) is 30.4 Å². The van der Waals surface area contributed by atoms with E-state index < -0.39 is 0 Å². The van der Waals surface area contributed by atoms with E-state index in [0.717, 1.165) is 0 Å². The molecule has 0 amide bonds. The zero-order valence-corrected chi connectivity index (χ0v) is 8.21. The monoisotopic (exact) mass is 197 g/mol. The van der Waals surface area contributed by atoms with Crippen molar-refractivity contribution in [2.45, 2.75) is 6.92 Å². The zero-order valence-electron chi connectivity index (χ0n) is 7.46. The Labute approximate surface area is 83.0 Å². The van der Waals surface area contributed by atoms with Crippen LogP contribution in [0.1, 0.15) is 6.92 Å². The second-order valence-corrected chi connectivity index (χ2v) is 3.00. The van der Waals surface area contributed by atoms with Crippen LogP contribution in [-0.4, -0.2) is 6.61 Å². The van der Waals surface area contributed by atoms with Crippen molar-refractivity contribution in [2.24, 2.45) is 0 Å². The van der Waals surface area contributed by atoms with E-state index in [-0.39, 0.29) is 0 Å². The van der Waals surface area contributed by atoms with Gasteiger partial charge in [0.1, 0.15) is 12.4 Å². The lowest BCUT2D eigenvalue weighted by Crippen LogP contribution is -1.97. The van der Waals surface area contributed by atoms with Crippen LogP contribution in [0.3, 0.4) is 0 Å². The van der Waals surface area contributed by atoms with E-state index in [0.29, 0.717) is 23.1 Å². The first-order chi connectivity index (χ1) is 6.24. The number of nitrogen functional groups attached to an aromatic ring is 1. The lowest BCUT2D eigenvalue weighted by molar-refractivity contribution is 0.364. The van der Waals surface area contributed by atoms with Gasteiger partial charge >= 0.3 is 0 Å². The lowest BCUT2D eigenvalue weighted by Gasteiger charge is -2.06. The fraction of sp³-hybridized carbons (Fsp3) is 0.200. The molecule has 1 rings (SSSR count). The van der Waals surface area contributed by atoms with Gasteiger partial charge in [-0.2, -0.15) is 0 Å². The normalized spacial score (nSPS) is 10.6. The molecule has 0 fully saturated rings. The maximum Gasteiger partial charge on any atom is 0.144 e. The molecule has 0 radical (unpaired) electrons. The van der Waals surface area contributed by atoms with Crippen LogP contribution in [0.4, 0.5) is 5.69 Å². The predicted octanol–water partition coefficient (Wildman–Crippen LogP) is 2.88. The number of nitrogens with two attached hydrogens (primary N) is 1. The minimum atomic E-state index is 0.515. The summed E-state index contributed by atoms with van der Waals surface area (Å²) in [7, 11) is 0. The van der Waals surface area contributed by atoms with Crippen molar-refractivity contribution >= 4 is 17.3 Å². The molecule has 0 aromatic heterocycles. The highest BCUT2D eigenvalue weighted by Gasteiger charge is 1.99. The summed E-state index contributed by atoms with van der Waals surface area (Å²) in [6.45, 7) is 2.45. The SMILES string of the molecule is C/C=C/COc1cc(Cl)ccc1N. The second kappa shape index (κ2) is 4.77. The van der Waals surface area contributed by atoms with Crippen LogP contribution < -0.4 is 10.5 Å². The number of anilines is 1. The fourth-order valence-corrected chi connectivity index (χ4v) is 1.03. The highest BCUT2D eigenvalue weighted by molar-refractivity contribution is 6.30. The van der Waals surface area contributed by atoms with Gasteiger partial charge in [0.2, 0.25) is 0 Å². The van der Waals surface area contributed by atoms with Crippen molar-refractivity contribution in [2.75, 3.05) is 12.3 Å². The maximum absolute atomic E-state index is 5.78. The first-order valence-electron chi connectivity index (χ1n) is 4.03. The molecule has 0 saturated carbocycles. The van der Waals surface area contributed by atoms with Gasteiger partial charge in [-0.05, 0) is 19.1 Å². The Morgan fingerprint density at radius 1 is 1.54 bits per heavy atom. The molecular formula is C10H12ClNO. The Kier molecular flexibility index (Phi) is 3.65. The summed E-state index contributed by atoms with van der Waals surface area (Å²) in [5.41, 5.74) is 6.27. The largest absolute Gasteiger partial charge is 0.487 e. The minimum absolute atomic E-state index is 0.515. The molecule has 0 aliphatic rings. The first-order valence-corrected chi connectivity index (χ1v) is 4.41. The Morgan fingerprint density at radius 2 is 2.31 bits per heavy atom. The molecule has 0 bridgehead atoms. The van der Waals surface area contributed by atoms with E-state index in [4.69, 9.17) is 22.1 Å². The zero-order chi connectivity index (χ0) is 9.68. The molecule has 0 aliphatic carbocycles. The second-order valence-electron chi connectivity index (χ2n) is 2.56. The number of ether oxygens (including phenoxy) is 1. The van der Waals surface area contributed by atoms with Gasteiger partial charge < -0.3 is 10.5 Å². The summed E-state index contributed by atoms with van der Waals surface area (Å²) in [5, 5.41) is 0.629. The van der Waals surface area contributed by atoms with Crippen LogP contribution in [0.2, 0.25) is 5.02 Å². The van der Waals surface area contributed by atoms with Crippen molar-refractivity contribution in [3.05, 3.63) is 35.4 Å².